The van der Waals surface area contributed by atoms with Gasteiger partial charge in [-0.15, -0.1) is 0 Å². The molecule has 0 amide bonds. The lowest BCUT2D eigenvalue weighted by Crippen LogP contribution is -1.91. The van der Waals surface area contributed by atoms with E-state index in [0.29, 0.717) is 22.7 Å². The molecule has 2 aromatic rings. The van der Waals surface area contributed by atoms with Gasteiger partial charge in [-0.05, 0) is 12.1 Å². The standard InChI is InChI=1S/C11H7ClN2O/c12-10-4-2-1-3-9(10)11-13-5-8(7-15)6-14-11/h1-7H. The second kappa shape index (κ2) is 4.19. The van der Waals surface area contributed by atoms with E-state index in [-0.39, 0.29) is 0 Å². The van der Waals surface area contributed by atoms with Crippen LogP contribution in [-0.2, 0) is 0 Å². The van der Waals surface area contributed by atoms with Gasteiger partial charge in [0.05, 0.1) is 10.6 Å². The van der Waals surface area contributed by atoms with Crippen molar-refractivity contribution in [2.75, 3.05) is 0 Å². The molecule has 4 heteroatoms. The van der Waals surface area contributed by atoms with Crippen molar-refractivity contribution >= 4 is 17.9 Å². The summed E-state index contributed by atoms with van der Waals surface area (Å²) in [5.74, 6) is 0.520. The van der Waals surface area contributed by atoms with Gasteiger partial charge < -0.3 is 0 Å². The molecule has 0 aliphatic heterocycles. The van der Waals surface area contributed by atoms with Crippen LogP contribution in [0.3, 0.4) is 0 Å². The van der Waals surface area contributed by atoms with Gasteiger partial charge in [-0.3, -0.25) is 4.79 Å². The first-order chi connectivity index (χ1) is 7.31. The highest BCUT2D eigenvalue weighted by atomic mass is 35.5. The maximum absolute atomic E-state index is 10.4. The molecular weight excluding hydrogens is 212 g/mol. The van der Waals surface area contributed by atoms with Crippen molar-refractivity contribution in [2.45, 2.75) is 0 Å². The van der Waals surface area contributed by atoms with Crippen LogP contribution in [-0.4, -0.2) is 16.3 Å². The zero-order valence-corrected chi connectivity index (χ0v) is 8.48. The van der Waals surface area contributed by atoms with Crippen LogP contribution in [0.1, 0.15) is 10.4 Å². The summed E-state index contributed by atoms with van der Waals surface area (Å²) in [6, 6.07) is 7.30. The van der Waals surface area contributed by atoms with Gasteiger partial charge in [0, 0.05) is 18.0 Å². The first-order valence-electron chi connectivity index (χ1n) is 4.33. The number of benzene rings is 1. The van der Waals surface area contributed by atoms with E-state index in [1.165, 1.54) is 12.4 Å². The van der Waals surface area contributed by atoms with E-state index in [4.69, 9.17) is 11.6 Å². The molecule has 0 bridgehead atoms. The Kier molecular flexibility index (Phi) is 2.74. The van der Waals surface area contributed by atoms with Gasteiger partial charge in [0.15, 0.2) is 12.1 Å². The average molecular weight is 219 g/mol. The van der Waals surface area contributed by atoms with Crippen molar-refractivity contribution in [2.24, 2.45) is 0 Å². The molecule has 0 atom stereocenters. The van der Waals surface area contributed by atoms with E-state index < -0.39 is 0 Å². The molecule has 1 heterocycles. The molecular formula is C11H7ClN2O. The van der Waals surface area contributed by atoms with Crippen LogP contribution in [0.2, 0.25) is 5.02 Å². The lowest BCUT2D eigenvalue weighted by Gasteiger charge is -2.01. The van der Waals surface area contributed by atoms with Crippen LogP contribution in [0.5, 0.6) is 0 Å². The van der Waals surface area contributed by atoms with Gasteiger partial charge in [-0.2, -0.15) is 0 Å². The molecule has 1 aromatic heterocycles. The van der Waals surface area contributed by atoms with E-state index in [2.05, 4.69) is 9.97 Å². The number of aromatic nitrogens is 2. The third-order valence-electron chi connectivity index (χ3n) is 1.92. The molecule has 0 saturated carbocycles. The lowest BCUT2D eigenvalue weighted by atomic mass is 10.2. The Morgan fingerprint density at radius 3 is 2.40 bits per heavy atom. The fraction of sp³-hybridized carbons (Fsp3) is 0. The minimum absolute atomic E-state index is 0.450. The summed E-state index contributed by atoms with van der Waals surface area (Å²) < 4.78 is 0. The molecule has 2 rings (SSSR count). The third-order valence-corrected chi connectivity index (χ3v) is 2.25. The summed E-state index contributed by atoms with van der Waals surface area (Å²) in [5.41, 5.74) is 1.21. The topological polar surface area (TPSA) is 42.9 Å². The average Bonchev–Trinajstić information content (AvgIpc) is 2.30. The molecule has 0 spiro atoms. The van der Waals surface area contributed by atoms with Crippen molar-refractivity contribution in [1.29, 1.82) is 0 Å². The number of nitrogens with zero attached hydrogens (tertiary/aromatic N) is 2. The summed E-state index contributed by atoms with van der Waals surface area (Å²) >= 11 is 5.98. The zero-order chi connectivity index (χ0) is 10.7. The number of rotatable bonds is 2. The molecule has 3 nitrogen and oxygen atoms in total. The lowest BCUT2D eigenvalue weighted by molar-refractivity contribution is 0.112. The summed E-state index contributed by atoms with van der Waals surface area (Å²) in [7, 11) is 0. The van der Waals surface area contributed by atoms with Crippen LogP contribution in [0.25, 0.3) is 11.4 Å². The van der Waals surface area contributed by atoms with Crippen molar-refractivity contribution in [3.8, 4) is 11.4 Å². The molecule has 15 heavy (non-hydrogen) atoms. The summed E-state index contributed by atoms with van der Waals surface area (Å²) in [5, 5.41) is 0.594. The highest BCUT2D eigenvalue weighted by Gasteiger charge is 2.04. The number of hydrogen-bond donors (Lipinski definition) is 0. The van der Waals surface area contributed by atoms with Gasteiger partial charge in [0.25, 0.3) is 0 Å². The second-order valence-electron chi connectivity index (χ2n) is 2.94. The van der Waals surface area contributed by atoms with Crippen LogP contribution >= 0.6 is 11.6 Å². The van der Waals surface area contributed by atoms with E-state index in [1.54, 1.807) is 6.07 Å². The van der Waals surface area contributed by atoms with E-state index in [1.807, 2.05) is 18.2 Å². The molecule has 0 radical (unpaired) electrons. The number of carbonyl (C=O) groups is 1. The SMILES string of the molecule is O=Cc1cnc(-c2ccccc2Cl)nc1. The second-order valence-corrected chi connectivity index (χ2v) is 3.34. The Bertz CT molecular complexity index is 482. The first kappa shape index (κ1) is 9.80. The van der Waals surface area contributed by atoms with Crippen molar-refractivity contribution in [1.82, 2.24) is 9.97 Å². The Hall–Kier alpha value is -1.74. The van der Waals surface area contributed by atoms with Gasteiger partial charge in [-0.25, -0.2) is 9.97 Å². The predicted molar refractivity (Wildman–Crippen MR) is 57.9 cm³/mol. The van der Waals surface area contributed by atoms with Crippen LogP contribution in [0, 0.1) is 0 Å². The van der Waals surface area contributed by atoms with E-state index >= 15 is 0 Å². The van der Waals surface area contributed by atoms with Gasteiger partial charge in [0.2, 0.25) is 0 Å². The van der Waals surface area contributed by atoms with Gasteiger partial charge in [0.1, 0.15) is 0 Å². The molecule has 0 saturated heterocycles. The van der Waals surface area contributed by atoms with Gasteiger partial charge in [-0.1, -0.05) is 23.7 Å². The molecule has 0 aliphatic rings. The van der Waals surface area contributed by atoms with E-state index in [0.717, 1.165) is 5.56 Å². The Balaban J connectivity index is 2.46. The quantitative estimate of drug-likeness (QED) is 0.728. The molecule has 0 unspecified atom stereocenters. The molecule has 1 aromatic carbocycles. The minimum Gasteiger partial charge on any atom is -0.298 e. The number of hydrogen-bond acceptors (Lipinski definition) is 3. The highest BCUT2D eigenvalue weighted by Crippen LogP contribution is 2.23. The summed E-state index contributed by atoms with van der Waals surface area (Å²) in [6.45, 7) is 0. The summed E-state index contributed by atoms with van der Waals surface area (Å²) in [6.07, 6.45) is 3.65. The monoisotopic (exact) mass is 218 g/mol. The highest BCUT2D eigenvalue weighted by molar-refractivity contribution is 6.33. The molecule has 0 fully saturated rings. The predicted octanol–water partition coefficient (Wildman–Crippen LogP) is 2.61. The van der Waals surface area contributed by atoms with Crippen molar-refractivity contribution in [3.05, 3.63) is 47.2 Å². The van der Waals surface area contributed by atoms with Crippen LogP contribution in [0.15, 0.2) is 36.7 Å². The Labute approximate surface area is 91.8 Å². The fourth-order valence-electron chi connectivity index (χ4n) is 1.18. The van der Waals surface area contributed by atoms with Crippen LogP contribution in [0.4, 0.5) is 0 Å². The molecule has 74 valence electrons. The van der Waals surface area contributed by atoms with Gasteiger partial charge >= 0.3 is 0 Å². The van der Waals surface area contributed by atoms with Crippen molar-refractivity contribution < 1.29 is 4.79 Å². The molecule has 0 aliphatic carbocycles. The minimum atomic E-state index is 0.450. The Morgan fingerprint density at radius 1 is 1.13 bits per heavy atom. The van der Waals surface area contributed by atoms with Crippen molar-refractivity contribution in [3.63, 3.8) is 0 Å². The number of halogens is 1. The maximum Gasteiger partial charge on any atom is 0.160 e. The normalized spacial score (nSPS) is 9.93. The fourth-order valence-corrected chi connectivity index (χ4v) is 1.40. The number of aldehydes is 1. The maximum atomic E-state index is 10.4. The molecule has 0 N–H and O–H groups in total. The van der Waals surface area contributed by atoms with E-state index in [9.17, 15) is 4.79 Å². The van der Waals surface area contributed by atoms with Crippen LogP contribution < -0.4 is 0 Å². The number of carbonyl (C=O) groups excluding carboxylic acids is 1. The first-order valence-corrected chi connectivity index (χ1v) is 4.71. The Morgan fingerprint density at radius 2 is 1.80 bits per heavy atom. The largest absolute Gasteiger partial charge is 0.298 e. The summed E-state index contributed by atoms with van der Waals surface area (Å²) in [4.78, 5) is 18.5. The third kappa shape index (κ3) is 2.02. The zero-order valence-electron chi connectivity index (χ0n) is 7.72. The smallest absolute Gasteiger partial charge is 0.160 e.